The van der Waals surface area contributed by atoms with Gasteiger partial charge in [-0.2, -0.15) is 0 Å². The summed E-state index contributed by atoms with van der Waals surface area (Å²) in [5.41, 5.74) is 4.21. The number of anilines is 2. The van der Waals surface area contributed by atoms with Crippen molar-refractivity contribution in [2.75, 3.05) is 49.9 Å². The van der Waals surface area contributed by atoms with Gasteiger partial charge in [0.05, 0.1) is 0 Å². The minimum Gasteiger partial charge on any atom is -0.444 e. The summed E-state index contributed by atoms with van der Waals surface area (Å²) in [6.45, 7) is 16.4. The topological polar surface area (TPSA) is 83.1 Å². The highest BCUT2D eigenvalue weighted by atomic mass is 16.6. The second kappa shape index (κ2) is 10.9. The quantitative estimate of drug-likeness (QED) is 0.412. The van der Waals surface area contributed by atoms with Crippen molar-refractivity contribution in [3.63, 3.8) is 0 Å². The minimum absolute atomic E-state index is 0.190. The molecule has 4 aliphatic rings. The molecule has 2 saturated heterocycles. The maximum absolute atomic E-state index is 12.2. The molecule has 0 unspecified atom stereocenters. The van der Waals surface area contributed by atoms with Gasteiger partial charge >= 0.3 is 12.2 Å². The van der Waals surface area contributed by atoms with E-state index in [1.165, 1.54) is 22.5 Å². The highest BCUT2D eigenvalue weighted by Crippen LogP contribution is 2.41. The highest BCUT2D eigenvalue weighted by Gasteiger charge is 2.41. The van der Waals surface area contributed by atoms with Crippen LogP contribution in [0.3, 0.4) is 0 Å². The molecule has 2 N–H and O–H groups in total. The lowest BCUT2D eigenvalue weighted by atomic mass is 9.85. The molecule has 2 fully saturated rings. The Morgan fingerprint density at radius 1 is 0.650 bits per heavy atom. The van der Waals surface area contributed by atoms with E-state index < -0.39 is 11.2 Å². The van der Waals surface area contributed by atoms with Gasteiger partial charge in [0.15, 0.2) is 0 Å². The number of benzene rings is 2. The molecule has 0 bridgehead atoms. The molecule has 0 saturated carbocycles. The number of carbonyl (C=O) groups excluding carboxylic acids is 2. The molecule has 40 heavy (non-hydrogen) atoms. The van der Waals surface area contributed by atoms with E-state index in [-0.39, 0.29) is 12.2 Å². The summed E-state index contributed by atoms with van der Waals surface area (Å²) in [5.74, 6) is 1.83. The van der Waals surface area contributed by atoms with E-state index in [1.807, 2.05) is 63.5 Å². The maximum atomic E-state index is 12.2. The van der Waals surface area contributed by atoms with Crippen LogP contribution in [0.2, 0.25) is 0 Å². The number of hydrogen-bond acceptors (Lipinski definition) is 6. The lowest BCUT2D eigenvalue weighted by Crippen LogP contribution is -2.35. The van der Waals surface area contributed by atoms with Crippen molar-refractivity contribution in [2.24, 2.45) is 11.8 Å². The van der Waals surface area contributed by atoms with Crippen LogP contribution in [-0.4, -0.2) is 72.5 Å². The lowest BCUT2D eigenvalue weighted by molar-refractivity contribution is 0.0277. The number of para-hydroxylation sites is 2. The van der Waals surface area contributed by atoms with Crippen LogP contribution in [0, 0.1) is 11.8 Å². The fraction of sp³-hybridized carbons (Fsp3) is 0.562. The van der Waals surface area contributed by atoms with Gasteiger partial charge in [-0.05, 0) is 64.8 Å². The van der Waals surface area contributed by atoms with Gasteiger partial charge < -0.3 is 29.9 Å². The zero-order valence-corrected chi connectivity index (χ0v) is 24.7. The molecule has 0 aliphatic carbocycles. The molecule has 0 aromatic heterocycles. The molecular weight excluding hydrogens is 504 g/mol. The van der Waals surface area contributed by atoms with Crippen LogP contribution < -0.4 is 10.6 Å². The van der Waals surface area contributed by atoms with Gasteiger partial charge in [0.1, 0.15) is 11.2 Å². The Morgan fingerprint density at radius 3 is 1.40 bits per heavy atom. The second-order valence-electron chi connectivity index (χ2n) is 13.4. The molecule has 4 heterocycles. The summed E-state index contributed by atoms with van der Waals surface area (Å²) < 4.78 is 11.0. The van der Waals surface area contributed by atoms with Crippen molar-refractivity contribution in [3.05, 3.63) is 59.7 Å². The van der Waals surface area contributed by atoms with E-state index in [0.29, 0.717) is 23.7 Å². The summed E-state index contributed by atoms with van der Waals surface area (Å²) in [6.07, 6.45) is -0.381. The van der Waals surface area contributed by atoms with Gasteiger partial charge in [0.25, 0.3) is 0 Å². The van der Waals surface area contributed by atoms with E-state index in [1.54, 1.807) is 0 Å². The molecule has 0 radical (unpaired) electrons. The van der Waals surface area contributed by atoms with E-state index in [4.69, 9.17) is 9.47 Å². The van der Waals surface area contributed by atoms with Crippen molar-refractivity contribution >= 4 is 23.6 Å². The number of hydrogen-bond donors (Lipinski definition) is 2. The van der Waals surface area contributed by atoms with Crippen molar-refractivity contribution in [3.8, 4) is 0 Å². The molecule has 2 amide bonds. The zero-order valence-electron chi connectivity index (χ0n) is 24.7. The lowest BCUT2D eigenvalue weighted by Gasteiger charge is -2.28. The van der Waals surface area contributed by atoms with Crippen LogP contribution in [-0.2, 0) is 9.47 Å². The molecule has 216 valence electrons. The Bertz CT molecular complexity index is 1140. The van der Waals surface area contributed by atoms with Crippen LogP contribution in [0.4, 0.5) is 21.0 Å². The predicted molar refractivity (Wildman–Crippen MR) is 158 cm³/mol. The van der Waals surface area contributed by atoms with Gasteiger partial charge in [0, 0.05) is 74.3 Å². The van der Waals surface area contributed by atoms with Gasteiger partial charge in [-0.1, -0.05) is 36.4 Å². The number of nitrogens with zero attached hydrogens (tertiary/aromatic N) is 2. The van der Waals surface area contributed by atoms with E-state index in [9.17, 15) is 9.59 Å². The highest BCUT2D eigenvalue weighted by molar-refractivity contribution is 5.70. The molecule has 0 spiro atoms. The molecule has 2 aromatic carbocycles. The Labute approximate surface area is 238 Å². The Kier molecular flexibility index (Phi) is 7.64. The Hall–Kier alpha value is -3.42. The first-order chi connectivity index (χ1) is 18.9. The fourth-order valence-electron chi connectivity index (χ4n) is 6.26. The number of rotatable bonds is 0. The number of nitrogens with one attached hydrogen (secondary N) is 2. The molecule has 8 heteroatoms. The van der Waals surface area contributed by atoms with Crippen LogP contribution in [0.5, 0.6) is 0 Å². The smallest absolute Gasteiger partial charge is 0.410 e. The van der Waals surface area contributed by atoms with E-state index in [2.05, 4.69) is 47.0 Å². The van der Waals surface area contributed by atoms with Crippen LogP contribution in [0.1, 0.15) is 64.5 Å². The van der Waals surface area contributed by atoms with Crippen molar-refractivity contribution in [1.82, 2.24) is 9.80 Å². The predicted octanol–water partition coefficient (Wildman–Crippen LogP) is 6.13. The minimum atomic E-state index is -0.430. The first-order valence-corrected chi connectivity index (χ1v) is 14.5. The third-order valence-electron chi connectivity index (χ3n) is 8.02. The van der Waals surface area contributed by atoms with Crippen molar-refractivity contribution in [2.45, 2.75) is 64.6 Å². The van der Waals surface area contributed by atoms with Crippen molar-refractivity contribution in [1.29, 1.82) is 0 Å². The monoisotopic (exact) mass is 548 g/mol. The van der Waals surface area contributed by atoms with Crippen LogP contribution in [0.25, 0.3) is 0 Å². The average molecular weight is 549 g/mol. The molecule has 6 rings (SSSR count). The van der Waals surface area contributed by atoms with Gasteiger partial charge in [0.2, 0.25) is 0 Å². The van der Waals surface area contributed by atoms with Crippen molar-refractivity contribution < 1.29 is 19.1 Å². The summed E-state index contributed by atoms with van der Waals surface area (Å²) in [6, 6.07) is 16.8. The largest absolute Gasteiger partial charge is 0.444 e. The summed E-state index contributed by atoms with van der Waals surface area (Å²) in [7, 11) is 0. The Morgan fingerprint density at radius 2 is 1.02 bits per heavy atom. The number of fused-ring (bicyclic) bond motifs is 6. The molecule has 8 nitrogen and oxygen atoms in total. The standard InChI is InChI=1S/2C16H22N2O2/c2*1-16(2,3)20-15(19)18-9-11-8-17-14-7-5-4-6-12(14)13(11)10-18/h2*4-7,11,13,17H,8-10H2,1-3H3/t2*11-,13-/m10/s1. The van der Waals surface area contributed by atoms with Gasteiger partial charge in [-0.25, -0.2) is 9.59 Å². The molecule has 4 atom stereocenters. The second-order valence-corrected chi connectivity index (χ2v) is 13.4. The number of likely N-dealkylation sites (tertiary alicyclic amines) is 2. The van der Waals surface area contributed by atoms with E-state index >= 15 is 0 Å². The fourth-order valence-corrected chi connectivity index (χ4v) is 6.26. The molecule has 4 aliphatic heterocycles. The summed E-state index contributed by atoms with van der Waals surface area (Å²) in [4.78, 5) is 28.1. The molecular formula is C32H44N4O4. The average Bonchev–Trinajstić information content (AvgIpc) is 3.52. The number of carbonyl (C=O) groups is 2. The normalized spacial score (nSPS) is 24.6. The van der Waals surface area contributed by atoms with E-state index in [0.717, 1.165) is 39.3 Å². The zero-order chi connectivity index (χ0) is 28.7. The third kappa shape index (κ3) is 6.31. The number of ether oxygens (including phenoxy) is 2. The third-order valence-corrected chi connectivity index (χ3v) is 8.02. The molecule has 2 aromatic rings. The first kappa shape index (κ1) is 28.1. The Balaban J connectivity index is 0.000000161. The number of amides is 2. The van der Waals surface area contributed by atoms with Gasteiger partial charge in [-0.15, -0.1) is 0 Å². The van der Waals surface area contributed by atoms with Crippen LogP contribution in [0.15, 0.2) is 48.5 Å². The maximum Gasteiger partial charge on any atom is 0.410 e. The SMILES string of the molecule is CC(C)(C)OC(=O)N1C[C@@H]2CNc3ccccc3[C@H]2C1.CC(C)(C)OC(=O)N1C[C@H]2CNc3ccccc3[C@@H]2C1. The summed E-state index contributed by atoms with van der Waals surface area (Å²) in [5, 5.41) is 6.93. The summed E-state index contributed by atoms with van der Waals surface area (Å²) >= 11 is 0. The van der Waals surface area contributed by atoms with Gasteiger partial charge in [-0.3, -0.25) is 0 Å². The first-order valence-electron chi connectivity index (χ1n) is 14.5. The van der Waals surface area contributed by atoms with Crippen LogP contribution >= 0.6 is 0 Å².